The lowest BCUT2D eigenvalue weighted by atomic mass is 9.66. The lowest BCUT2D eigenvalue weighted by Gasteiger charge is -2.39. The highest BCUT2D eigenvalue weighted by Gasteiger charge is 2.35. The number of hydrogen-bond acceptors (Lipinski definition) is 0. The third-order valence-electron chi connectivity index (χ3n) is 10.4. The third-order valence-corrected chi connectivity index (χ3v) is 10.4. The standard InChI is InChI=1S/C36H44/c1-5-8-28-19-22-32-31-21-20-29(23-34(31)36(3,4)33-10-7-9-30(28)35(32)33)27-17-15-26(16-18-27)25-13-11-24(6-2)12-14-25/h6-7,9-10,19-27H,2,5,8,11-18H2,1,3-4H3. The molecule has 0 heteroatoms. The SMILES string of the molecule is C=CC1CCC(C2CCC(c3ccc4c(c3)C(C)(C)c3cccc5c(CCC)ccc-4c35)CC2)CC1. The van der Waals surface area contributed by atoms with Crippen LogP contribution in [-0.4, -0.2) is 0 Å². The highest BCUT2D eigenvalue weighted by Crippen LogP contribution is 2.51. The van der Waals surface area contributed by atoms with Gasteiger partial charge in [-0.15, -0.1) is 6.58 Å². The van der Waals surface area contributed by atoms with E-state index in [0.717, 1.165) is 30.1 Å². The van der Waals surface area contributed by atoms with Gasteiger partial charge in [0.15, 0.2) is 0 Å². The molecule has 0 N–H and O–H groups in total. The summed E-state index contributed by atoms with van der Waals surface area (Å²) in [6, 6.07) is 19.4. The summed E-state index contributed by atoms with van der Waals surface area (Å²) in [5.41, 5.74) is 9.08. The maximum Gasteiger partial charge on any atom is 0.0159 e. The minimum absolute atomic E-state index is 0.0314. The van der Waals surface area contributed by atoms with E-state index in [0.29, 0.717) is 0 Å². The number of hydrogen-bond donors (Lipinski definition) is 0. The quantitative estimate of drug-likeness (QED) is 0.321. The molecule has 0 amide bonds. The molecule has 3 aromatic carbocycles. The fourth-order valence-electron chi connectivity index (χ4n) is 8.19. The minimum atomic E-state index is 0.0314. The van der Waals surface area contributed by atoms with Crippen LogP contribution in [0.25, 0.3) is 21.9 Å². The highest BCUT2D eigenvalue weighted by atomic mass is 14.4. The second-order valence-electron chi connectivity index (χ2n) is 12.7. The van der Waals surface area contributed by atoms with Crippen molar-refractivity contribution in [2.75, 3.05) is 0 Å². The van der Waals surface area contributed by atoms with Crippen molar-refractivity contribution in [3.8, 4) is 11.1 Å². The molecule has 2 fully saturated rings. The predicted octanol–water partition coefficient (Wildman–Crippen LogP) is 10.4. The van der Waals surface area contributed by atoms with E-state index >= 15 is 0 Å². The topological polar surface area (TPSA) is 0 Å². The zero-order valence-corrected chi connectivity index (χ0v) is 22.8. The molecule has 0 aromatic heterocycles. The highest BCUT2D eigenvalue weighted by molar-refractivity contribution is 6.04. The second-order valence-corrected chi connectivity index (χ2v) is 12.7. The van der Waals surface area contributed by atoms with Crippen LogP contribution >= 0.6 is 0 Å². The summed E-state index contributed by atoms with van der Waals surface area (Å²) >= 11 is 0. The molecule has 0 saturated heterocycles. The average molecular weight is 477 g/mol. The van der Waals surface area contributed by atoms with Gasteiger partial charge in [0.05, 0.1) is 0 Å². The van der Waals surface area contributed by atoms with Gasteiger partial charge >= 0.3 is 0 Å². The Hall–Kier alpha value is -2.34. The molecule has 3 aromatic rings. The fraction of sp³-hybridized carbons (Fsp3) is 0.500. The van der Waals surface area contributed by atoms with Gasteiger partial charge in [-0.3, -0.25) is 0 Å². The largest absolute Gasteiger partial charge is 0.103 e. The molecule has 36 heavy (non-hydrogen) atoms. The molecule has 0 nitrogen and oxygen atoms in total. The van der Waals surface area contributed by atoms with Crippen molar-refractivity contribution in [2.24, 2.45) is 17.8 Å². The molecule has 6 rings (SSSR count). The van der Waals surface area contributed by atoms with E-state index in [4.69, 9.17) is 0 Å². The van der Waals surface area contributed by atoms with E-state index in [1.54, 1.807) is 5.56 Å². The lowest BCUT2D eigenvalue weighted by molar-refractivity contribution is 0.171. The van der Waals surface area contributed by atoms with Crippen molar-refractivity contribution in [1.29, 1.82) is 0 Å². The molecular weight excluding hydrogens is 432 g/mol. The van der Waals surface area contributed by atoms with Gasteiger partial charge < -0.3 is 0 Å². The summed E-state index contributed by atoms with van der Waals surface area (Å²) in [4.78, 5) is 0. The maximum absolute atomic E-state index is 4.04. The minimum Gasteiger partial charge on any atom is -0.103 e. The van der Waals surface area contributed by atoms with Gasteiger partial charge in [-0.05, 0) is 126 Å². The number of aryl methyl sites for hydroxylation is 1. The van der Waals surface area contributed by atoms with Crippen LogP contribution in [0.3, 0.4) is 0 Å². The molecule has 0 bridgehead atoms. The van der Waals surface area contributed by atoms with E-state index < -0.39 is 0 Å². The predicted molar refractivity (Wildman–Crippen MR) is 156 cm³/mol. The first-order valence-electron chi connectivity index (χ1n) is 14.8. The molecule has 0 unspecified atom stereocenters. The molecule has 0 spiro atoms. The Bertz CT molecular complexity index is 1260. The summed E-state index contributed by atoms with van der Waals surface area (Å²) in [5, 5.41) is 2.97. The Morgan fingerprint density at radius 1 is 0.806 bits per heavy atom. The molecule has 2 saturated carbocycles. The van der Waals surface area contributed by atoms with Gasteiger partial charge in [-0.25, -0.2) is 0 Å². The van der Waals surface area contributed by atoms with Crippen LogP contribution in [0.4, 0.5) is 0 Å². The molecule has 3 aliphatic carbocycles. The van der Waals surface area contributed by atoms with Crippen molar-refractivity contribution >= 4 is 10.8 Å². The van der Waals surface area contributed by atoms with Crippen molar-refractivity contribution in [3.05, 3.63) is 83.4 Å². The molecule has 0 radical (unpaired) electrons. The Morgan fingerprint density at radius 2 is 1.50 bits per heavy atom. The molecule has 0 aliphatic heterocycles. The van der Waals surface area contributed by atoms with Gasteiger partial charge in [0.25, 0.3) is 0 Å². The van der Waals surface area contributed by atoms with Crippen LogP contribution in [-0.2, 0) is 11.8 Å². The number of benzene rings is 3. The Kier molecular flexibility index (Phi) is 6.35. The van der Waals surface area contributed by atoms with E-state index in [1.807, 2.05) is 0 Å². The lowest BCUT2D eigenvalue weighted by Crippen LogP contribution is -2.26. The van der Waals surface area contributed by atoms with E-state index in [-0.39, 0.29) is 5.41 Å². The Morgan fingerprint density at radius 3 is 2.19 bits per heavy atom. The van der Waals surface area contributed by atoms with Gasteiger partial charge in [0, 0.05) is 5.41 Å². The van der Waals surface area contributed by atoms with Crippen molar-refractivity contribution in [2.45, 2.75) is 96.3 Å². The number of rotatable bonds is 5. The zero-order valence-electron chi connectivity index (χ0n) is 22.8. The number of fused-ring (bicyclic) bond motifs is 2. The van der Waals surface area contributed by atoms with Crippen LogP contribution in [0, 0.1) is 17.8 Å². The molecule has 0 heterocycles. The average Bonchev–Trinajstić information content (AvgIpc) is 2.92. The summed E-state index contributed by atoms with van der Waals surface area (Å²) in [7, 11) is 0. The second kappa shape index (κ2) is 9.51. The Labute approximate surface area is 219 Å². The first kappa shape index (κ1) is 24.0. The summed E-state index contributed by atoms with van der Waals surface area (Å²) in [5.74, 6) is 3.45. The van der Waals surface area contributed by atoms with Crippen molar-refractivity contribution < 1.29 is 0 Å². The molecule has 188 valence electrons. The van der Waals surface area contributed by atoms with Crippen molar-refractivity contribution in [1.82, 2.24) is 0 Å². The smallest absolute Gasteiger partial charge is 0.0159 e. The number of allylic oxidation sites excluding steroid dienone is 1. The fourth-order valence-corrected chi connectivity index (χ4v) is 8.19. The van der Waals surface area contributed by atoms with Gasteiger partial charge in [-0.2, -0.15) is 0 Å². The van der Waals surface area contributed by atoms with Gasteiger partial charge in [-0.1, -0.05) is 81.8 Å². The normalized spacial score (nSPS) is 27.0. The van der Waals surface area contributed by atoms with Crippen LogP contribution in [0.5, 0.6) is 0 Å². The maximum atomic E-state index is 4.04. The van der Waals surface area contributed by atoms with Crippen LogP contribution in [0.15, 0.2) is 61.2 Å². The van der Waals surface area contributed by atoms with Gasteiger partial charge in [0.1, 0.15) is 0 Å². The summed E-state index contributed by atoms with van der Waals surface area (Å²) in [6.07, 6.45) is 15.8. The summed E-state index contributed by atoms with van der Waals surface area (Å²) in [6.45, 7) is 11.2. The van der Waals surface area contributed by atoms with Crippen LogP contribution in [0.2, 0.25) is 0 Å². The Balaban J connectivity index is 1.28. The van der Waals surface area contributed by atoms with Crippen LogP contribution in [0.1, 0.15) is 107 Å². The summed E-state index contributed by atoms with van der Waals surface area (Å²) < 4.78 is 0. The zero-order chi connectivity index (χ0) is 24.9. The molecular formula is C36H44. The van der Waals surface area contributed by atoms with Crippen molar-refractivity contribution in [3.63, 3.8) is 0 Å². The third kappa shape index (κ3) is 3.96. The monoisotopic (exact) mass is 476 g/mol. The molecule has 0 atom stereocenters. The first-order valence-corrected chi connectivity index (χ1v) is 14.8. The van der Waals surface area contributed by atoms with Gasteiger partial charge in [0.2, 0.25) is 0 Å². The molecule has 3 aliphatic rings. The van der Waals surface area contributed by atoms with E-state index in [2.05, 4.69) is 82.0 Å². The van der Waals surface area contributed by atoms with E-state index in [1.165, 1.54) is 96.4 Å². The first-order chi connectivity index (χ1) is 17.5. The van der Waals surface area contributed by atoms with E-state index in [9.17, 15) is 0 Å². The van der Waals surface area contributed by atoms with Crippen LogP contribution < -0.4 is 0 Å².